The molecule has 1 unspecified atom stereocenters. The minimum atomic E-state index is -4.78. The molecule has 1 aromatic rings. The molecule has 0 saturated carbocycles. The average Bonchev–Trinajstić information content (AvgIpc) is 2.25. The van der Waals surface area contributed by atoms with Crippen LogP contribution in [0.3, 0.4) is 0 Å². The van der Waals surface area contributed by atoms with Gasteiger partial charge in [-0.05, 0) is 45.4 Å². The van der Waals surface area contributed by atoms with Gasteiger partial charge >= 0.3 is 12.3 Å². The van der Waals surface area contributed by atoms with E-state index in [1.807, 2.05) is 0 Å². The van der Waals surface area contributed by atoms with Crippen LogP contribution in [0.15, 0.2) is 24.3 Å². The monoisotopic (exact) mass is 305 g/mol. The van der Waals surface area contributed by atoms with Crippen molar-refractivity contribution in [1.29, 1.82) is 0 Å². The lowest BCUT2D eigenvalue weighted by Crippen LogP contribution is -2.39. The van der Waals surface area contributed by atoms with E-state index in [9.17, 15) is 23.1 Å². The van der Waals surface area contributed by atoms with Crippen LogP contribution in [0.1, 0.15) is 33.3 Å². The van der Waals surface area contributed by atoms with Crippen molar-refractivity contribution in [2.24, 2.45) is 0 Å². The number of halogens is 3. The fourth-order valence-electron chi connectivity index (χ4n) is 1.46. The van der Waals surface area contributed by atoms with E-state index in [1.165, 1.54) is 12.1 Å². The van der Waals surface area contributed by atoms with Crippen molar-refractivity contribution in [3.63, 3.8) is 0 Å². The number of hydrogen-bond donors (Lipinski definition) is 2. The number of benzene rings is 1. The Labute approximate surface area is 120 Å². The average molecular weight is 305 g/mol. The van der Waals surface area contributed by atoms with Crippen molar-refractivity contribution in [2.45, 2.75) is 45.1 Å². The Morgan fingerprint density at radius 3 is 1.95 bits per heavy atom. The molecule has 0 aliphatic heterocycles. The number of amides is 1. The van der Waals surface area contributed by atoms with Crippen LogP contribution < -0.4 is 5.32 Å². The third kappa shape index (κ3) is 4.63. The van der Waals surface area contributed by atoms with E-state index in [4.69, 9.17) is 4.74 Å². The molecule has 0 aliphatic carbocycles. The summed E-state index contributed by atoms with van der Waals surface area (Å²) in [6, 6.07) is 4.72. The number of ether oxygens (including phenoxy) is 1. The fraction of sp³-hybridized carbons (Fsp3) is 0.500. The molecule has 1 aromatic carbocycles. The molecular weight excluding hydrogens is 287 g/mol. The number of carbonyl (C=O) groups excluding carboxylic acids is 1. The summed E-state index contributed by atoms with van der Waals surface area (Å²) in [5.41, 5.74) is -3.67. The first-order valence-corrected chi connectivity index (χ1v) is 6.22. The molecule has 0 radical (unpaired) electrons. The Hall–Kier alpha value is -1.76. The third-order valence-corrected chi connectivity index (χ3v) is 2.64. The van der Waals surface area contributed by atoms with E-state index >= 15 is 0 Å². The topological polar surface area (TPSA) is 58.6 Å². The molecule has 21 heavy (non-hydrogen) atoms. The number of rotatable bonds is 2. The molecule has 7 heteroatoms. The van der Waals surface area contributed by atoms with Crippen molar-refractivity contribution >= 4 is 11.8 Å². The van der Waals surface area contributed by atoms with Gasteiger partial charge < -0.3 is 9.84 Å². The SMILES string of the molecule is CC(C)(C)OC(=O)Nc1ccc(C(C)(O)C(F)(F)F)cc1. The van der Waals surface area contributed by atoms with Gasteiger partial charge in [0.1, 0.15) is 5.60 Å². The smallest absolute Gasteiger partial charge is 0.421 e. The Morgan fingerprint density at radius 1 is 1.10 bits per heavy atom. The van der Waals surface area contributed by atoms with Crippen molar-refractivity contribution in [1.82, 2.24) is 0 Å². The first kappa shape index (κ1) is 17.3. The number of nitrogens with one attached hydrogen (secondary N) is 1. The molecular formula is C14H18F3NO3. The number of carbonyl (C=O) groups is 1. The van der Waals surface area contributed by atoms with Crippen LogP contribution in [0.5, 0.6) is 0 Å². The van der Waals surface area contributed by atoms with E-state index in [0.717, 1.165) is 12.1 Å². The highest BCUT2D eigenvalue weighted by Gasteiger charge is 2.51. The molecule has 1 amide bonds. The Bertz CT molecular complexity index is 502. The van der Waals surface area contributed by atoms with Crippen LogP contribution in [0.4, 0.5) is 23.7 Å². The number of aliphatic hydroxyl groups is 1. The molecule has 1 atom stereocenters. The molecule has 0 aliphatic rings. The van der Waals surface area contributed by atoms with Gasteiger partial charge in [0, 0.05) is 5.69 Å². The van der Waals surface area contributed by atoms with Crippen molar-refractivity contribution in [3.8, 4) is 0 Å². The molecule has 0 heterocycles. The summed E-state index contributed by atoms with van der Waals surface area (Å²) in [6.07, 6.45) is -5.49. The second-order valence-corrected chi connectivity index (χ2v) is 5.77. The Kier molecular flexibility index (Phi) is 4.57. The van der Waals surface area contributed by atoms with Gasteiger partial charge in [-0.1, -0.05) is 12.1 Å². The highest BCUT2D eigenvalue weighted by Crippen LogP contribution is 2.38. The van der Waals surface area contributed by atoms with Gasteiger partial charge in [0.05, 0.1) is 0 Å². The second-order valence-electron chi connectivity index (χ2n) is 5.77. The first-order chi connectivity index (χ1) is 9.33. The van der Waals surface area contributed by atoms with Gasteiger partial charge in [-0.2, -0.15) is 13.2 Å². The minimum Gasteiger partial charge on any atom is -0.444 e. The quantitative estimate of drug-likeness (QED) is 0.873. The van der Waals surface area contributed by atoms with Gasteiger partial charge in [-0.15, -0.1) is 0 Å². The van der Waals surface area contributed by atoms with Gasteiger partial charge in [-0.3, -0.25) is 5.32 Å². The lowest BCUT2D eigenvalue weighted by atomic mass is 9.95. The zero-order chi connectivity index (χ0) is 16.5. The number of hydrogen-bond acceptors (Lipinski definition) is 3. The maximum atomic E-state index is 12.7. The summed E-state index contributed by atoms with van der Waals surface area (Å²) in [7, 11) is 0. The summed E-state index contributed by atoms with van der Waals surface area (Å²) in [4.78, 5) is 11.5. The van der Waals surface area contributed by atoms with Gasteiger partial charge in [0.2, 0.25) is 0 Å². The zero-order valence-electron chi connectivity index (χ0n) is 12.2. The second kappa shape index (κ2) is 5.55. The number of anilines is 1. The highest BCUT2D eigenvalue weighted by molar-refractivity contribution is 5.84. The molecule has 4 nitrogen and oxygen atoms in total. The Balaban J connectivity index is 2.82. The maximum absolute atomic E-state index is 12.7. The highest BCUT2D eigenvalue weighted by atomic mass is 19.4. The normalized spacial score (nSPS) is 15.2. The van der Waals surface area contributed by atoms with Crippen LogP contribution in [-0.4, -0.2) is 23.0 Å². The molecule has 0 bridgehead atoms. The largest absolute Gasteiger partial charge is 0.444 e. The van der Waals surface area contributed by atoms with Crippen LogP contribution >= 0.6 is 0 Å². The predicted octanol–water partition coefficient (Wildman–Crippen LogP) is 3.80. The lowest BCUT2D eigenvalue weighted by Gasteiger charge is -2.26. The van der Waals surface area contributed by atoms with E-state index < -0.39 is 23.5 Å². The van der Waals surface area contributed by atoms with Crippen LogP contribution in [-0.2, 0) is 10.3 Å². The van der Waals surface area contributed by atoms with Gasteiger partial charge in [-0.25, -0.2) is 4.79 Å². The standard InChI is InChI=1S/C14H18F3NO3/c1-12(2,3)21-11(19)18-10-7-5-9(6-8-10)13(4,20)14(15,16)17/h5-8,20H,1-4H3,(H,18,19). The molecule has 1 rings (SSSR count). The van der Waals surface area contributed by atoms with E-state index in [0.29, 0.717) is 6.92 Å². The Morgan fingerprint density at radius 2 is 1.57 bits per heavy atom. The summed E-state index contributed by atoms with van der Waals surface area (Å²) < 4.78 is 43.0. The lowest BCUT2D eigenvalue weighted by molar-refractivity contribution is -0.258. The van der Waals surface area contributed by atoms with Gasteiger partial charge in [0.25, 0.3) is 0 Å². The van der Waals surface area contributed by atoms with Crippen molar-refractivity contribution in [2.75, 3.05) is 5.32 Å². The minimum absolute atomic E-state index is 0.269. The molecule has 2 N–H and O–H groups in total. The van der Waals surface area contributed by atoms with Crippen molar-refractivity contribution in [3.05, 3.63) is 29.8 Å². The number of alkyl halides is 3. The van der Waals surface area contributed by atoms with Crippen LogP contribution in [0.2, 0.25) is 0 Å². The molecule has 0 spiro atoms. The van der Waals surface area contributed by atoms with E-state index in [1.54, 1.807) is 20.8 Å². The molecule has 0 fully saturated rings. The summed E-state index contributed by atoms with van der Waals surface area (Å²) in [6.45, 7) is 5.74. The molecule has 118 valence electrons. The molecule has 0 saturated heterocycles. The van der Waals surface area contributed by atoms with E-state index in [2.05, 4.69) is 5.32 Å². The summed E-state index contributed by atoms with van der Waals surface area (Å²) >= 11 is 0. The summed E-state index contributed by atoms with van der Waals surface area (Å²) in [5, 5.41) is 11.9. The van der Waals surface area contributed by atoms with Crippen molar-refractivity contribution < 1.29 is 27.8 Å². The first-order valence-electron chi connectivity index (χ1n) is 6.22. The van der Waals surface area contributed by atoms with Crippen LogP contribution in [0, 0.1) is 0 Å². The van der Waals surface area contributed by atoms with Gasteiger partial charge in [0.15, 0.2) is 5.60 Å². The molecule has 0 aromatic heterocycles. The zero-order valence-corrected chi connectivity index (χ0v) is 12.2. The van der Waals surface area contributed by atoms with E-state index in [-0.39, 0.29) is 11.3 Å². The third-order valence-electron chi connectivity index (χ3n) is 2.64. The summed E-state index contributed by atoms with van der Waals surface area (Å²) in [5.74, 6) is 0. The fourth-order valence-corrected chi connectivity index (χ4v) is 1.46. The maximum Gasteiger partial charge on any atom is 0.421 e. The predicted molar refractivity (Wildman–Crippen MR) is 71.9 cm³/mol. The van der Waals surface area contributed by atoms with Crippen LogP contribution in [0.25, 0.3) is 0 Å².